The average Bonchev–Trinajstić information content (AvgIpc) is 2.94. The Morgan fingerprint density at radius 2 is 2.44 bits per heavy atom. The Hall–Kier alpha value is -1.63. The number of aromatic nitrogens is 1. The zero-order chi connectivity index (χ0) is 13.1. The second kappa shape index (κ2) is 5.34. The predicted molar refractivity (Wildman–Crippen MR) is 66.3 cm³/mol. The van der Waals surface area contributed by atoms with Gasteiger partial charge < -0.3 is 15.3 Å². The van der Waals surface area contributed by atoms with E-state index in [1.807, 2.05) is 12.3 Å². The van der Waals surface area contributed by atoms with Crippen molar-refractivity contribution >= 4 is 23.3 Å². The van der Waals surface area contributed by atoms with Gasteiger partial charge in [0.25, 0.3) is 0 Å². The van der Waals surface area contributed by atoms with E-state index >= 15 is 0 Å². The Morgan fingerprint density at radius 1 is 1.67 bits per heavy atom. The first-order chi connectivity index (χ1) is 8.59. The molecule has 1 saturated heterocycles. The first-order valence-corrected chi connectivity index (χ1v) is 6.63. The number of likely N-dealkylation sites (tertiary alicyclic amines) is 1. The molecular formula is C11H15N3O3S. The molecule has 2 N–H and O–H groups in total. The third-order valence-corrected chi connectivity index (χ3v) is 3.87. The number of aliphatic carboxylic acids is 1. The van der Waals surface area contributed by atoms with Gasteiger partial charge in [-0.25, -0.2) is 14.6 Å². The SMILES string of the molecule is CC1CCN(C(=O)NCc2nccs2)C1C(=O)O. The van der Waals surface area contributed by atoms with Gasteiger partial charge in [0.1, 0.15) is 11.0 Å². The van der Waals surface area contributed by atoms with Crippen LogP contribution in [-0.4, -0.2) is 39.6 Å². The van der Waals surface area contributed by atoms with E-state index in [-0.39, 0.29) is 11.9 Å². The number of thiazole rings is 1. The molecule has 2 rings (SSSR count). The fourth-order valence-corrected chi connectivity index (χ4v) is 2.70. The van der Waals surface area contributed by atoms with Crippen molar-refractivity contribution in [3.8, 4) is 0 Å². The van der Waals surface area contributed by atoms with Gasteiger partial charge >= 0.3 is 12.0 Å². The predicted octanol–water partition coefficient (Wildman–Crippen LogP) is 1.15. The third kappa shape index (κ3) is 2.61. The monoisotopic (exact) mass is 269 g/mol. The van der Waals surface area contributed by atoms with Crippen LogP contribution in [0.5, 0.6) is 0 Å². The molecule has 18 heavy (non-hydrogen) atoms. The molecule has 1 aliphatic heterocycles. The van der Waals surface area contributed by atoms with Crippen LogP contribution in [-0.2, 0) is 11.3 Å². The maximum Gasteiger partial charge on any atom is 0.326 e. The van der Waals surface area contributed by atoms with Crippen LogP contribution in [0.3, 0.4) is 0 Å². The van der Waals surface area contributed by atoms with Crippen LogP contribution in [0.4, 0.5) is 4.79 Å². The Balaban J connectivity index is 1.94. The van der Waals surface area contributed by atoms with Crippen LogP contribution in [0.15, 0.2) is 11.6 Å². The molecule has 1 aliphatic rings. The van der Waals surface area contributed by atoms with Crippen molar-refractivity contribution in [2.24, 2.45) is 5.92 Å². The lowest BCUT2D eigenvalue weighted by Crippen LogP contribution is -2.47. The number of nitrogens with zero attached hydrogens (tertiary/aromatic N) is 2. The highest BCUT2D eigenvalue weighted by atomic mass is 32.1. The molecule has 2 atom stereocenters. The summed E-state index contributed by atoms with van der Waals surface area (Å²) >= 11 is 1.45. The Bertz CT molecular complexity index is 435. The lowest BCUT2D eigenvalue weighted by molar-refractivity contribution is -0.142. The average molecular weight is 269 g/mol. The van der Waals surface area contributed by atoms with E-state index in [1.165, 1.54) is 16.2 Å². The molecule has 2 amide bonds. The first kappa shape index (κ1) is 12.8. The highest BCUT2D eigenvalue weighted by molar-refractivity contribution is 7.09. The van der Waals surface area contributed by atoms with Crippen LogP contribution < -0.4 is 5.32 Å². The molecule has 1 aromatic rings. The minimum absolute atomic E-state index is 0.00638. The van der Waals surface area contributed by atoms with Crippen molar-refractivity contribution in [3.05, 3.63) is 16.6 Å². The number of hydrogen-bond donors (Lipinski definition) is 2. The van der Waals surface area contributed by atoms with Crippen LogP contribution in [0.1, 0.15) is 18.4 Å². The lowest BCUT2D eigenvalue weighted by atomic mass is 10.0. The van der Waals surface area contributed by atoms with Gasteiger partial charge in [0.15, 0.2) is 0 Å². The van der Waals surface area contributed by atoms with Gasteiger partial charge in [-0.2, -0.15) is 0 Å². The Morgan fingerprint density at radius 3 is 3.06 bits per heavy atom. The molecule has 1 fully saturated rings. The van der Waals surface area contributed by atoms with E-state index in [1.54, 1.807) is 6.20 Å². The number of urea groups is 1. The standard InChI is InChI=1S/C11H15N3O3S/c1-7-2-4-14(9(7)10(15)16)11(17)13-6-8-12-3-5-18-8/h3,5,7,9H,2,4,6H2,1H3,(H,13,17)(H,15,16). The molecule has 0 bridgehead atoms. The summed E-state index contributed by atoms with van der Waals surface area (Å²) in [4.78, 5) is 28.5. The fourth-order valence-electron chi connectivity index (χ4n) is 2.14. The summed E-state index contributed by atoms with van der Waals surface area (Å²) < 4.78 is 0. The summed E-state index contributed by atoms with van der Waals surface area (Å²) in [6.45, 7) is 2.68. The van der Waals surface area contributed by atoms with Crippen LogP contribution in [0, 0.1) is 5.92 Å². The molecule has 7 heteroatoms. The number of carboxylic acids is 1. The third-order valence-electron chi connectivity index (χ3n) is 3.09. The molecule has 0 radical (unpaired) electrons. The fraction of sp³-hybridized carbons (Fsp3) is 0.545. The number of rotatable bonds is 3. The molecule has 0 saturated carbocycles. The minimum atomic E-state index is -0.940. The van der Waals surface area contributed by atoms with Gasteiger partial charge in [0, 0.05) is 18.1 Å². The molecule has 0 spiro atoms. The Labute approximate surface area is 109 Å². The van der Waals surface area contributed by atoms with Crippen molar-refractivity contribution < 1.29 is 14.7 Å². The highest BCUT2D eigenvalue weighted by Gasteiger charge is 2.39. The summed E-state index contributed by atoms with van der Waals surface area (Å²) in [6.07, 6.45) is 2.39. The molecule has 1 aromatic heterocycles. The first-order valence-electron chi connectivity index (χ1n) is 5.75. The Kier molecular flexibility index (Phi) is 3.81. The smallest absolute Gasteiger partial charge is 0.326 e. The van der Waals surface area contributed by atoms with Gasteiger partial charge in [-0.15, -0.1) is 11.3 Å². The van der Waals surface area contributed by atoms with E-state index in [0.717, 1.165) is 11.4 Å². The molecule has 98 valence electrons. The summed E-state index contributed by atoms with van der Waals surface area (Å²) in [5.74, 6) is -0.947. The molecule has 0 aromatic carbocycles. The number of carboxylic acid groups (broad SMARTS) is 1. The zero-order valence-electron chi connectivity index (χ0n) is 10.00. The van der Waals surface area contributed by atoms with Gasteiger partial charge in [-0.05, 0) is 12.3 Å². The number of carbonyl (C=O) groups excluding carboxylic acids is 1. The molecular weight excluding hydrogens is 254 g/mol. The van der Waals surface area contributed by atoms with E-state index in [4.69, 9.17) is 5.11 Å². The molecule has 2 unspecified atom stereocenters. The van der Waals surface area contributed by atoms with E-state index in [0.29, 0.717) is 13.1 Å². The van der Waals surface area contributed by atoms with E-state index < -0.39 is 12.0 Å². The van der Waals surface area contributed by atoms with Crippen LogP contribution >= 0.6 is 11.3 Å². The highest BCUT2D eigenvalue weighted by Crippen LogP contribution is 2.24. The lowest BCUT2D eigenvalue weighted by Gasteiger charge is -2.23. The topological polar surface area (TPSA) is 82.5 Å². The summed E-state index contributed by atoms with van der Waals surface area (Å²) in [5.41, 5.74) is 0. The summed E-state index contributed by atoms with van der Waals surface area (Å²) in [5, 5.41) is 14.5. The van der Waals surface area contributed by atoms with Crippen molar-refractivity contribution in [3.63, 3.8) is 0 Å². The number of hydrogen-bond acceptors (Lipinski definition) is 4. The molecule has 0 aliphatic carbocycles. The van der Waals surface area contributed by atoms with Crippen molar-refractivity contribution in [2.75, 3.05) is 6.54 Å². The van der Waals surface area contributed by atoms with Gasteiger partial charge in [-0.1, -0.05) is 6.92 Å². The normalized spacial score (nSPS) is 23.1. The van der Waals surface area contributed by atoms with Crippen molar-refractivity contribution in [2.45, 2.75) is 25.9 Å². The van der Waals surface area contributed by atoms with Crippen molar-refractivity contribution in [1.82, 2.24) is 15.2 Å². The van der Waals surface area contributed by atoms with E-state index in [9.17, 15) is 9.59 Å². The number of nitrogens with one attached hydrogen (secondary N) is 1. The molecule has 2 heterocycles. The number of amides is 2. The largest absolute Gasteiger partial charge is 0.480 e. The zero-order valence-corrected chi connectivity index (χ0v) is 10.8. The van der Waals surface area contributed by atoms with Crippen molar-refractivity contribution in [1.29, 1.82) is 0 Å². The van der Waals surface area contributed by atoms with E-state index in [2.05, 4.69) is 10.3 Å². The number of carbonyl (C=O) groups is 2. The van der Waals surface area contributed by atoms with Gasteiger partial charge in [-0.3, -0.25) is 0 Å². The van der Waals surface area contributed by atoms with Gasteiger partial charge in [0.2, 0.25) is 0 Å². The van der Waals surface area contributed by atoms with Crippen LogP contribution in [0.25, 0.3) is 0 Å². The summed E-state index contributed by atoms with van der Waals surface area (Å²) in [7, 11) is 0. The van der Waals surface area contributed by atoms with Gasteiger partial charge in [0.05, 0.1) is 6.54 Å². The molecule has 6 nitrogen and oxygen atoms in total. The maximum absolute atomic E-state index is 11.9. The quantitative estimate of drug-likeness (QED) is 0.862. The summed E-state index contributed by atoms with van der Waals surface area (Å²) in [6, 6.07) is -1.05. The second-order valence-electron chi connectivity index (χ2n) is 4.33. The van der Waals surface area contributed by atoms with Crippen LogP contribution in [0.2, 0.25) is 0 Å². The maximum atomic E-state index is 11.9. The minimum Gasteiger partial charge on any atom is -0.480 e. The second-order valence-corrected chi connectivity index (χ2v) is 5.31.